The molecule has 1 amide bonds. The second kappa shape index (κ2) is 9.97. The summed E-state index contributed by atoms with van der Waals surface area (Å²) in [5.41, 5.74) is 4.29. The number of amides is 1. The highest BCUT2D eigenvalue weighted by molar-refractivity contribution is 9.10. The molecule has 144 valence electrons. The number of hydrogen-bond acceptors (Lipinski definition) is 5. The lowest BCUT2D eigenvalue weighted by Gasteiger charge is -2.10. The molecule has 0 fully saturated rings. The fourth-order valence-corrected chi connectivity index (χ4v) is 2.77. The summed E-state index contributed by atoms with van der Waals surface area (Å²) in [6.07, 6.45) is 2.52. The highest BCUT2D eigenvalue weighted by Gasteiger charge is 2.08. The third-order valence-electron chi connectivity index (χ3n) is 4.10. The predicted octanol–water partition coefficient (Wildman–Crippen LogP) is 4.21. The molecule has 0 aliphatic heterocycles. The first-order chi connectivity index (χ1) is 12.9. The number of hydrogen-bond donors (Lipinski definition) is 2. The molecule has 0 radical (unpaired) electrons. The minimum absolute atomic E-state index is 0.00596. The van der Waals surface area contributed by atoms with Crippen molar-refractivity contribution in [2.75, 3.05) is 13.7 Å². The van der Waals surface area contributed by atoms with Crippen LogP contribution >= 0.6 is 15.9 Å². The van der Waals surface area contributed by atoms with E-state index in [1.165, 1.54) is 18.9 Å². The number of nitrogens with one attached hydrogen (secondary N) is 1. The fourth-order valence-electron chi connectivity index (χ4n) is 2.31. The van der Waals surface area contributed by atoms with E-state index < -0.39 is 0 Å². The van der Waals surface area contributed by atoms with Gasteiger partial charge in [-0.15, -0.1) is 0 Å². The van der Waals surface area contributed by atoms with Crippen LogP contribution in [-0.2, 0) is 4.79 Å². The third kappa shape index (κ3) is 5.99. The lowest BCUT2D eigenvalue weighted by Crippen LogP contribution is -2.24. The molecule has 0 bridgehead atoms. The minimum atomic E-state index is -0.373. The van der Waals surface area contributed by atoms with Gasteiger partial charge in [-0.05, 0) is 63.7 Å². The van der Waals surface area contributed by atoms with Crippen LogP contribution in [0, 0.1) is 0 Å². The highest BCUT2D eigenvalue weighted by atomic mass is 79.9. The molecule has 2 rings (SSSR count). The fraction of sp³-hybridized carbons (Fsp3) is 0.300. The number of carbonyl (C=O) groups excluding carboxylic acids is 1. The molecule has 0 heterocycles. The van der Waals surface area contributed by atoms with E-state index >= 15 is 0 Å². The predicted molar refractivity (Wildman–Crippen MR) is 109 cm³/mol. The van der Waals surface area contributed by atoms with Gasteiger partial charge in [-0.3, -0.25) is 4.79 Å². The highest BCUT2D eigenvalue weighted by Crippen LogP contribution is 2.34. The zero-order valence-electron chi connectivity index (χ0n) is 15.5. The van der Waals surface area contributed by atoms with Gasteiger partial charge in [0.15, 0.2) is 18.1 Å². The summed E-state index contributed by atoms with van der Waals surface area (Å²) < 4.78 is 11.0. The van der Waals surface area contributed by atoms with Crippen molar-refractivity contribution in [1.29, 1.82) is 0 Å². The second-order valence-electron chi connectivity index (χ2n) is 6.01. The number of hydrazone groups is 1. The Morgan fingerprint density at radius 1 is 1.33 bits per heavy atom. The number of halogens is 1. The van der Waals surface area contributed by atoms with Crippen LogP contribution in [0.3, 0.4) is 0 Å². The van der Waals surface area contributed by atoms with Crippen molar-refractivity contribution >= 4 is 28.1 Å². The maximum atomic E-state index is 11.8. The molecule has 0 unspecified atom stereocenters. The molecule has 2 aromatic carbocycles. The van der Waals surface area contributed by atoms with Crippen molar-refractivity contribution < 1.29 is 19.4 Å². The van der Waals surface area contributed by atoms with Gasteiger partial charge in [0, 0.05) is 0 Å². The van der Waals surface area contributed by atoms with E-state index in [4.69, 9.17) is 9.47 Å². The Morgan fingerprint density at radius 2 is 2.04 bits per heavy atom. The summed E-state index contributed by atoms with van der Waals surface area (Å²) in [7, 11) is 1.46. The van der Waals surface area contributed by atoms with Crippen molar-refractivity contribution in [3.8, 4) is 17.2 Å². The molecule has 0 aromatic heterocycles. The van der Waals surface area contributed by atoms with Crippen LogP contribution in [0.4, 0.5) is 0 Å². The molecule has 0 saturated heterocycles. The van der Waals surface area contributed by atoms with Crippen LogP contribution < -0.4 is 14.9 Å². The number of rotatable bonds is 8. The summed E-state index contributed by atoms with van der Waals surface area (Å²) in [4.78, 5) is 11.8. The number of methoxy groups -OCH3 is 1. The second-order valence-corrected chi connectivity index (χ2v) is 6.87. The van der Waals surface area contributed by atoms with Crippen molar-refractivity contribution in [2.24, 2.45) is 5.10 Å². The van der Waals surface area contributed by atoms with E-state index in [-0.39, 0.29) is 18.3 Å². The Morgan fingerprint density at radius 3 is 2.67 bits per heavy atom. The third-order valence-corrected chi connectivity index (χ3v) is 4.71. The van der Waals surface area contributed by atoms with Gasteiger partial charge in [0.25, 0.3) is 5.91 Å². The first kappa shape index (κ1) is 20.8. The van der Waals surface area contributed by atoms with E-state index in [2.05, 4.69) is 40.3 Å². The average molecular weight is 435 g/mol. The van der Waals surface area contributed by atoms with Gasteiger partial charge in [0.1, 0.15) is 5.75 Å². The van der Waals surface area contributed by atoms with Gasteiger partial charge in [0.05, 0.1) is 17.8 Å². The van der Waals surface area contributed by atoms with Crippen LogP contribution in [0.1, 0.15) is 37.3 Å². The number of carbonyl (C=O) groups is 1. The van der Waals surface area contributed by atoms with Gasteiger partial charge in [-0.1, -0.05) is 26.0 Å². The summed E-state index contributed by atoms with van der Waals surface area (Å²) in [5, 5.41) is 13.7. The lowest BCUT2D eigenvalue weighted by molar-refractivity contribution is -0.123. The Hall–Kier alpha value is -2.54. The summed E-state index contributed by atoms with van der Waals surface area (Å²) in [6.45, 7) is 4.18. The molecule has 1 atom stereocenters. The maximum absolute atomic E-state index is 11.8. The first-order valence-electron chi connectivity index (χ1n) is 8.55. The van der Waals surface area contributed by atoms with E-state index in [0.29, 0.717) is 27.5 Å². The molecule has 0 spiro atoms. The number of ether oxygens (including phenoxy) is 2. The van der Waals surface area contributed by atoms with E-state index in [1.54, 1.807) is 12.1 Å². The van der Waals surface area contributed by atoms with E-state index in [0.717, 1.165) is 6.42 Å². The normalized spacial score (nSPS) is 12.0. The largest absolute Gasteiger partial charge is 0.503 e. The zero-order valence-corrected chi connectivity index (χ0v) is 17.1. The molecule has 7 heteroatoms. The van der Waals surface area contributed by atoms with Gasteiger partial charge >= 0.3 is 0 Å². The molecule has 6 nitrogen and oxygen atoms in total. The smallest absolute Gasteiger partial charge is 0.277 e. The standard InChI is InChI=1S/C20H23BrN2O4/c1-4-13(2)15-5-7-16(8-6-15)27-12-19(24)23-22-11-14-9-17(21)20(25)18(10-14)26-3/h5-11,13,25H,4,12H2,1-3H3,(H,23,24)/b22-11-/t13-/m1/s1. The monoisotopic (exact) mass is 434 g/mol. The quantitative estimate of drug-likeness (QED) is 0.481. The number of phenols is 1. The van der Waals surface area contributed by atoms with Gasteiger partial charge in [-0.2, -0.15) is 5.10 Å². The first-order valence-corrected chi connectivity index (χ1v) is 9.35. The van der Waals surface area contributed by atoms with Gasteiger partial charge in [0.2, 0.25) is 0 Å². The van der Waals surface area contributed by atoms with Crippen LogP contribution in [0.2, 0.25) is 0 Å². The lowest BCUT2D eigenvalue weighted by atomic mass is 9.99. The van der Waals surface area contributed by atoms with Crippen LogP contribution in [0.15, 0.2) is 46.0 Å². The molecule has 0 aliphatic carbocycles. The molecular formula is C20H23BrN2O4. The topological polar surface area (TPSA) is 80.2 Å². The molecule has 2 N–H and O–H groups in total. The Labute approximate surface area is 167 Å². The summed E-state index contributed by atoms with van der Waals surface area (Å²) >= 11 is 3.23. The molecule has 0 saturated carbocycles. The maximum Gasteiger partial charge on any atom is 0.277 e. The van der Waals surface area contributed by atoms with Gasteiger partial charge < -0.3 is 14.6 Å². The Bertz CT molecular complexity index is 806. The Kier molecular flexibility index (Phi) is 7.67. The summed E-state index contributed by atoms with van der Waals surface area (Å²) in [6, 6.07) is 11.0. The number of phenolic OH excluding ortho intramolecular Hbond substituents is 1. The van der Waals surface area contributed by atoms with E-state index in [1.807, 2.05) is 24.3 Å². The molecule has 27 heavy (non-hydrogen) atoms. The summed E-state index contributed by atoms with van der Waals surface area (Å²) in [5.74, 6) is 1.07. The van der Waals surface area contributed by atoms with Crippen molar-refractivity contribution in [1.82, 2.24) is 5.43 Å². The molecule has 2 aromatic rings. The number of benzene rings is 2. The SMILES string of the molecule is CC[C@@H](C)c1ccc(OCC(=O)N/N=C\c2cc(Br)c(O)c(OC)c2)cc1. The Balaban J connectivity index is 1.86. The van der Waals surface area contributed by atoms with Crippen LogP contribution in [0.5, 0.6) is 17.2 Å². The van der Waals surface area contributed by atoms with E-state index in [9.17, 15) is 9.90 Å². The number of aromatic hydroxyl groups is 1. The van der Waals surface area contributed by atoms with Crippen molar-refractivity contribution in [3.63, 3.8) is 0 Å². The van der Waals surface area contributed by atoms with Crippen LogP contribution in [0.25, 0.3) is 0 Å². The average Bonchev–Trinajstić information content (AvgIpc) is 2.68. The van der Waals surface area contributed by atoms with Crippen molar-refractivity contribution in [2.45, 2.75) is 26.2 Å². The molecule has 0 aliphatic rings. The molecular weight excluding hydrogens is 412 g/mol. The number of nitrogens with zero attached hydrogens (tertiary/aromatic N) is 1. The minimum Gasteiger partial charge on any atom is -0.503 e. The van der Waals surface area contributed by atoms with Crippen molar-refractivity contribution in [3.05, 3.63) is 52.0 Å². The zero-order chi connectivity index (χ0) is 19.8. The van der Waals surface area contributed by atoms with Gasteiger partial charge in [-0.25, -0.2) is 5.43 Å². The van der Waals surface area contributed by atoms with Crippen LogP contribution in [-0.4, -0.2) is 30.9 Å².